The summed E-state index contributed by atoms with van der Waals surface area (Å²) in [6, 6.07) is 9.03. The number of amides is 1. The van der Waals surface area contributed by atoms with Gasteiger partial charge in [-0.15, -0.1) is 0 Å². The van der Waals surface area contributed by atoms with Gasteiger partial charge in [0.15, 0.2) is 0 Å². The zero-order valence-electron chi connectivity index (χ0n) is 10.8. The van der Waals surface area contributed by atoms with E-state index in [9.17, 15) is 4.79 Å². The molecule has 6 nitrogen and oxygen atoms in total. The summed E-state index contributed by atoms with van der Waals surface area (Å²) in [4.78, 5) is 19.9. The van der Waals surface area contributed by atoms with Gasteiger partial charge in [-0.05, 0) is 46.3 Å². The number of benzene rings is 1. The number of carbonyl (C=O) groups is 1. The van der Waals surface area contributed by atoms with Crippen LogP contribution >= 0.6 is 15.9 Å². The predicted molar refractivity (Wildman–Crippen MR) is 81.2 cm³/mol. The highest BCUT2D eigenvalue weighted by Crippen LogP contribution is 2.15. The van der Waals surface area contributed by atoms with Crippen molar-refractivity contribution >= 4 is 27.5 Å². The average molecular weight is 344 g/mol. The topological polar surface area (TPSA) is 72.7 Å². The molecule has 2 aromatic heterocycles. The van der Waals surface area contributed by atoms with Crippen LogP contribution in [0.4, 0.5) is 5.69 Å². The fraction of sp³-hybridized carbons (Fsp3) is 0. The van der Waals surface area contributed by atoms with Crippen molar-refractivity contribution in [2.45, 2.75) is 0 Å². The monoisotopic (exact) mass is 343 g/mol. The summed E-state index contributed by atoms with van der Waals surface area (Å²) >= 11 is 3.29. The molecule has 0 aliphatic carbocycles. The highest BCUT2D eigenvalue weighted by Gasteiger charge is 2.07. The van der Waals surface area contributed by atoms with Crippen LogP contribution in [0, 0.1) is 0 Å². The fourth-order valence-electron chi connectivity index (χ4n) is 1.78. The molecule has 0 unspecified atom stereocenters. The van der Waals surface area contributed by atoms with Crippen LogP contribution in [0.5, 0.6) is 0 Å². The standard InChI is InChI=1S/C14H10BrN5O/c15-11-5-10(6-16-7-11)14(21)19-12-1-3-13(4-2-12)20-9-17-8-18-20/h1-9H,(H,19,21). The molecule has 1 aromatic carbocycles. The number of halogens is 1. The SMILES string of the molecule is O=C(Nc1ccc(-n2cncn2)cc1)c1cncc(Br)c1. The molecule has 7 heteroatoms. The van der Waals surface area contributed by atoms with Crippen LogP contribution in [-0.4, -0.2) is 25.7 Å². The largest absolute Gasteiger partial charge is 0.322 e. The van der Waals surface area contributed by atoms with Crippen molar-refractivity contribution in [3.8, 4) is 5.69 Å². The van der Waals surface area contributed by atoms with Gasteiger partial charge in [0.05, 0.1) is 11.3 Å². The smallest absolute Gasteiger partial charge is 0.257 e. The summed E-state index contributed by atoms with van der Waals surface area (Å²) in [5.74, 6) is -0.211. The third kappa shape index (κ3) is 3.14. The van der Waals surface area contributed by atoms with E-state index in [1.54, 1.807) is 35.4 Å². The van der Waals surface area contributed by atoms with Gasteiger partial charge in [0.25, 0.3) is 5.91 Å². The third-order valence-electron chi connectivity index (χ3n) is 2.78. The van der Waals surface area contributed by atoms with E-state index in [1.165, 1.54) is 12.5 Å². The lowest BCUT2D eigenvalue weighted by Gasteiger charge is -2.06. The van der Waals surface area contributed by atoms with Gasteiger partial charge in [-0.25, -0.2) is 9.67 Å². The third-order valence-corrected chi connectivity index (χ3v) is 3.21. The summed E-state index contributed by atoms with van der Waals surface area (Å²) < 4.78 is 2.40. The van der Waals surface area contributed by atoms with E-state index in [0.717, 1.165) is 10.2 Å². The molecule has 1 N–H and O–H groups in total. The van der Waals surface area contributed by atoms with E-state index in [4.69, 9.17) is 0 Å². The lowest BCUT2D eigenvalue weighted by molar-refractivity contribution is 0.102. The molecule has 3 rings (SSSR count). The lowest BCUT2D eigenvalue weighted by Crippen LogP contribution is -2.12. The van der Waals surface area contributed by atoms with Gasteiger partial charge in [0.2, 0.25) is 0 Å². The van der Waals surface area contributed by atoms with Crippen LogP contribution in [0.15, 0.2) is 59.9 Å². The van der Waals surface area contributed by atoms with Crippen molar-refractivity contribution in [3.05, 3.63) is 65.4 Å². The van der Waals surface area contributed by atoms with Crippen LogP contribution < -0.4 is 5.32 Å². The normalized spacial score (nSPS) is 10.3. The Morgan fingerprint density at radius 2 is 1.95 bits per heavy atom. The van der Waals surface area contributed by atoms with E-state index in [-0.39, 0.29) is 5.91 Å². The van der Waals surface area contributed by atoms with Gasteiger partial charge < -0.3 is 5.32 Å². The van der Waals surface area contributed by atoms with Crippen LogP contribution in [-0.2, 0) is 0 Å². The Morgan fingerprint density at radius 1 is 1.14 bits per heavy atom. The van der Waals surface area contributed by atoms with E-state index >= 15 is 0 Å². The number of rotatable bonds is 3. The van der Waals surface area contributed by atoms with Gasteiger partial charge in [-0.2, -0.15) is 5.10 Å². The molecule has 0 saturated carbocycles. The number of anilines is 1. The minimum absolute atomic E-state index is 0.211. The zero-order valence-corrected chi connectivity index (χ0v) is 12.4. The second kappa shape index (κ2) is 5.84. The van der Waals surface area contributed by atoms with Crippen LogP contribution in [0.1, 0.15) is 10.4 Å². The molecule has 0 atom stereocenters. The molecule has 104 valence electrons. The predicted octanol–water partition coefficient (Wildman–Crippen LogP) is 2.68. The van der Waals surface area contributed by atoms with Gasteiger partial charge >= 0.3 is 0 Å². The van der Waals surface area contributed by atoms with Crippen LogP contribution in [0.25, 0.3) is 5.69 Å². The molecule has 2 heterocycles. The van der Waals surface area contributed by atoms with Gasteiger partial charge in [-0.3, -0.25) is 9.78 Å². The molecule has 1 amide bonds. The summed E-state index contributed by atoms with van der Waals surface area (Å²) in [6.07, 6.45) is 6.23. The Balaban J connectivity index is 1.75. The van der Waals surface area contributed by atoms with Crippen molar-refractivity contribution < 1.29 is 4.79 Å². The summed E-state index contributed by atoms with van der Waals surface area (Å²) in [6.45, 7) is 0. The Hall–Kier alpha value is -2.54. The van der Waals surface area contributed by atoms with Gasteiger partial charge in [0, 0.05) is 22.6 Å². The zero-order chi connectivity index (χ0) is 14.7. The lowest BCUT2D eigenvalue weighted by atomic mass is 10.2. The maximum atomic E-state index is 12.1. The molecule has 0 spiro atoms. The second-order valence-electron chi connectivity index (χ2n) is 4.23. The first-order chi connectivity index (χ1) is 10.2. The Bertz CT molecular complexity index is 755. The number of nitrogens with zero attached hydrogens (tertiary/aromatic N) is 4. The number of hydrogen-bond donors (Lipinski definition) is 1. The number of hydrogen-bond acceptors (Lipinski definition) is 4. The summed E-state index contributed by atoms with van der Waals surface area (Å²) in [5, 5.41) is 6.85. The van der Waals surface area contributed by atoms with Crippen LogP contribution in [0.2, 0.25) is 0 Å². The number of pyridine rings is 1. The molecule has 0 radical (unpaired) electrons. The molecule has 0 bridgehead atoms. The number of carbonyl (C=O) groups excluding carboxylic acids is 1. The van der Waals surface area contributed by atoms with Gasteiger partial charge in [0.1, 0.15) is 12.7 Å². The molecule has 0 aliphatic rings. The first-order valence-corrected chi connectivity index (χ1v) is 6.88. The maximum absolute atomic E-state index is 12.1. The Labute approximate surface area is 129 Å². The van der Waals surface area contributed by atoms with Crippen molar-refractivity contribution in [1.29, 1.82) is 0 Å². The highest BCUT2D eigenvalue weighted by atomic mass is 79.9. The van der Waals surface area contributed by atoms with E-state index in [2.05, 4.69) is 36.3 Å². The fourth-order valence-corrected chi connectivity index (χ4v) is 2.14. The van der Waals surface area contributed by atoms with Gasteiger partial charge in [-0.1, -0.05) is 0 Å². The van der Waals surface area contributed by atoms with E-state index in [0.29, 0.717) is 11.3 Å². The van der Waals surface area contributed by atoms with Crippen molar-refractivity contribution in [2.24, 2.45) is 0 Å². The average Bonchev–Trinajstić information content (AvgIpc) is 3.02. The minimum atomic E-state index is -0.211. The first-order valence-electron chi connectivity index (χ1n) is 6.09. The van der Waals surface area contributed by atoms with E-state index < -0.39 is 0 Å². The van der Waals surface area contributed by atoms with Crippen molar-refractivity contribution in [1.82, 2.24) is 19.7 Å². The maximum Gasteiger partial charge on any atom is 0.257 e. The van der Waals surface area contributed by atoms with Crippen molar-refractivity contribution in [3.63, 3.8) is 0 Å². The molecular weight excluding hydrogens is 334 g/mol. The Kier molecular flexibility index (Phi) is 3.74. The minimum Gasteiger partial charge on any atom is -0.322 e. The van der Waals surface area contributed by atoms with E-state index in [1.807, 2.05) is 12.1 Å². The molecule has 0 fully saturated rings. The number of nitrogens with one attached hydrogen (secondary N) is 1. The Morgan fingerprint density at radius 3 is 2.62 bits per heavy atom. The van der Waals surface area contributed by atoms with Crippen molar-refractivity contribution in [2.75, 3.05) is 5.32 Å². The molecule has 0 saturated heterocycles. The quantitative estimate of drug-likeness (QED) is 0.793. The number of aromatic nitrogens is 4. The molecule has 0 aliphatic heterocycles. The highest BCUT2D eigenvalue weighted by molar-refractivity contribution is 9.10. The second-order valence-corrected chi connectivity index (χ2v) is 5.15. The molecule has 21 heavy (non-hydrogen) atoms. The summed E-state index contributed by atoms with van der Waals surface area (Å²) in [7, 11) is 0. The van der Waals surface area contributed by atoms with Crippen LogP contribution in [0.3, 0.4) is 0 Å². The molecule has 3 aromatic rings. The molecular formula is C14H10BrN5O. The summed E-state index contributed by atoms with van der Waals surface area (Å²) in [5.41, 5.74) is 2.06. The first kappa shape index (κ1) is 13.4.